The van der Waals surface area contributed by atoms with Crippen molar-refractivity contribution in [1.82, 2.24) is 0 Å². The summed E-state index contributed by atoms with van der Waals surface area (Å²) in [5.41, 5.74) is 0.526. The standard InChI is InChI=1S/C9H8N2O3/c1-6-3-7(5-10)8(11(12)13)4-9(6)14-2/h3-4H,1-2H3. The summed E-state index contributed by atoms with van der Waals surface area (Å²) in [4.78, 5) is 9.96. The molecule has 72 valence electrons. The lowest BCUT2D eigenvalue weighted by atomic mass is 10.1. The molecule has 1 rings (SSSR count). The highest BCUT2D eigenvalue weighted by molar-refractivity contribution is 5.55. The number of nitriles is 1. The first-order valence-corrected chi connectivity index (χ1v) is 3.83. The zero-order valence-corrected chi connectivity index (χ0v) is 7.77. The van der Waals surface area contributed by atoms with Gasteiger partial charge in [0.05, 0.1) is 18.1 Å². The number of rotatable bonds is 2. The Hall–Kier alpha value is -2.09. The molecule has 0 atom stereocenters. The molecule has 0 heterocycles. The second-order valence-corrected chi connectivity index (χ2v) is 2.71. The first kappa shape index (κ1) is 9.99. The maximum atomic E-state index is 10.6. The van der Waals surface area contributed by atoms with Gasteiger partial charge in [-0.15, -0.1) is 0 Å². The molecule has 0 unspecified atom stereocenters. The van der Waals surface area contributed by atoms with E-state index in [2.05, 4.69) is 0 Å². The summed E-state index contributed by atoms with van der Waals surface area (Å²) in [5, 5.41) is 19.2. The number of benzene rings is 1. The largest absolute Gasteiger partial charge is 0.496 e. The van der Waals surface area contributed by atoms with Gasteiger partial charge in [-0.1, -0.05) is 0 Å². The number of ether oxygens (including phenoxy) is 1. The molecule has 1 aromatic rings. The third kappa shape index (κ3) is 1.64. The van der Waals surface area contributed by atoms with Gasteiger partial charge in [-0.3, -0.25) is 10.1 Å². The fourth-order valence-corrected chi connectivity index (χ4v) is 1.14. The molecule has 0 aromatic heterocycles. The molecule has 0 bridgehead atoms. The zero-order chi connectivity index (χ0) is 10.7. The van der Waals surface area contributed by atoms with Crippen molar-refractivity contribution < 1.29 is 9.66 Å². The van der Waals surface area contributed by atoms with Gasteiger partial charge in [0, 0.05) is 0 Å². The van der Waals surface area contributed by atoms with Crippen LogP contribution in [-0.4, -0.2) is 12.0 Å². The molecule has 0 aliphatic rings. The Bertz CT molecular complexity index is 421. The molecule has 0 fully saturated rings. The summed E-state index contributed by atoms with van der Waals surface area (Å²) in [7, 11) is 1.43. The Morgan fingerprint density at radius 2 is 2.21 bits per heavy atom. The molecule has 1 aromatic carbocycles. The molecule has 5 heteroatoms. The van der Waals surface area contributed by atoms with Crippen LogP contribution < -0.4 is 4.74 Å². The highest BCUT2D eigenvalue weighted by Gasteiger charge is 2.16. The van der Waals surface area contributed by atoms with Gasteiger partial charge in [0.15, 0.2) is 0 Å². The molecule has 5 nitrogen and oxygen atoms in total. The Morgan fingerprint density at radius 1 is 1.57 bits per heavy atom. The average molecular weight is 192 g/mol. The van der Waals surface area contributed by atoms with E-state index >= 15 is 0 Å². The van der Waals surface area contributed by atoms with Crippen LogP contribution in [0.15, 0.2) is 12.1 Å². The number of nitro benzene ring substituents is 1. The second-order valence-electron chi connectivity index (χ2n) is 2.71. The fourth-order valence-electron chi connectivity index (χ4n) is 1.14. The minimum atomic E-state index is -0.597. The second kappa shape index (κ2) is 3.75. The summed E-state index contributed by atoms with van der Waals surface area (Å²) >= 11 is 0. The minimum absolute atomic E-state index is 0.0494. The van der Waals surface area contributed by atoms with Gasteiger partial charge in [0.1, 0.15) is 17.4 Å². The molecule has 0 saturated carbocycles. The van der Waals surface area contributed by atoms with Crippen LogP contribution in [0.4, 0.5) is 5.69 Å². The van der Waals surface area contributed by atoms with E-state index in [1.807, 2.05) is 0 Å². The van der Waals surface area contributed by atoms with Gasteiger partial charge in [0.2, 0.25) is 0 Å². The molecule has 0 radical (unpaired) electrons. The molecular weight excluding hydrogens is 184 g/mol. The predicted octanol–water partition coefficient (Wildman–Crippen LogP) is 1.78. The monoisotopic (exact) mass is 192 g/mol. The van der Waals surface area contributed by atoms with E-state index in [0.717, 1.165) is 0 Å². The van der Waals surface area contributed by atoms with Crippen molar-refractivity contribution in [3.05, 3.63) is 33.4 Å². The lowest BCUT2D eigenvalue weighted by Gasteiger charge is -2.04. The van der Waals surface area contributed by atoms with Crippen LogP contribution in [0.25, 0.3) is 0 Å². The summed E-state index contributed by atoms with van der Waals surface area (Å²) in [6.45, 7) is 1.73. The Labute approximate surface area is 80.7 Å². The minimum Gasteiger partial charge on any atom is -0.496 e. The van der Waals surface area contributed by atoms with E-state index in [4.69, 9.17) is 10.00 Å². The first-order chi connectivity index (χ1) is 6.60. The molecule has 14 heavy (non-hydrogen) atoms. The van der Waals surface area contributed by atoms with Crippen LogP contribution in [0.1, 0.15) is 11.1 Å². The Morgan fingerprint density at radius 3 is 2.64 bits per heavy atom. The van der Waals surface area contributed by atoms with Gasteiger partial charge in [-0.05, 0) is 18.6 Å². The number of aryl methyl sites for hydroxylation is 1. The first-order valence-electron chi connectivity index (χ1n) is 3.83. The number of hydrogen-bond acceptors (Lipinski definition) is 4. The Kier molecular flexibility index (Phi) is 2.67. The Balaban J connectivity index is 3.42. The van der Waals surface area contributed by atoms with Crippen LogP contribution >= 0.6 is 0 Å². The van der Waals surface area contributed by atoms with Gasteiger partial charge >= 0.3 is 0 Å². The van der Waals surface area contributed by atoms with Crippen LogP contribution in [0.5, 0.6) is 5.75 Å². The molecule has 0 amide bonds. The van der Waals surface area contributed by atoms with E-state index < -0.39 is 4.92 Å². The normalized spacial score (nSPS) is 9.21. The molecule has 0 aliphatic carbocycles. The molecule has 0 spiro atoms. The third-order valence-electron chi connectivity index (χ3n) is 1.83. The van der Waals surface area contributed by atoms with Crippen molar-refractivity contribution in [2.45, 2.75) is 6.92 Å². The maximum absolute atomic E-state index is 10.6. The third-order valence-corrected chi connectivity index (χ3v) is 1.83. The quantitative estimate of drug-likeness (QED) is 0.528. The molecule has 0 aliphatic heterocycles. The number of hydrogen-bond donors (Lipinski definition) is 0. The summed E-state index contributed by atoms with van der Waals surface area (Å²) in [6.07, 6.45) is 0. The lowest BCUT2D eigenvalue weighted by molar-refractivity contribution is -0.385. The SMILES string of the molecule is COc1cc([N+](=O)[O-])c(C#N)cc1C. The van der Waals surface area contributed by atoms with Crippen LogP contribution in [0.2, 0.25) is 0 Å². The van der Waals surface area contributed by atoms with Crippen LogP contribution in [0, 0.1) is 28.4 Å². The highest BCUT2D eigenvalue weighted by atomic mass is 16.6. The number of methoxy groups -OCH3 is 1. The summed E-state index contributed by atoms with van der Waals surface area (Å²) < 4.78 is 4.92. The van der Waals surface area contributed by atoms with E-state index in [1.54, 1.807) is 13.0 Å². The smallest absolute Gasteiger partial charge is 0.290 e. The van der Waals surface area contributed by atoms with Crippen molar-refractivity contribution in [3.63, 3.8) is 0 Å². The van der Waals surface area contributed by atoms with E-state index in [9.17, 15) is 10.1 Å². The van der Waals surface area contributed by atoms with Gasteiger partial charge < -0.3 is 4.74 Å². The van der Waals surface area contributed by atoms with E-state index in [1.165, 1.54) is 19.2 Å². The summed E-state index contributed by atoms with van der Waals surface area (Å²) in [5.74, 6) is 0.413. The predicted molar refractivity (Wildman–Crippen MR) is 49.1 cm³/mol. The van der Waals surface area contributed by atoms with Gasteiger partial charge in [-0.2, -0.15) is 5.26 Å². The number of nitro groups is 1. The lowest BCUT2D eigenvalue weighted by Crippen LogP contribution is -1.95. The van der Waals surface area contributed by atoms with Gasteiger partial charge in [-0.25, -0.2) is 0 Å². The summed E-state index contributed by atoms with van der Waals surface area (Å²) in [6, 6.07) is 4.47. The molecule has 0 saturated heterocycles. The highest BCUT2D eigenvalue weighted by Crippen LogP contribution is 2.27. The van der Waals surface area contributed by atoms with Crippen LogP contribution in [-0.2, 0) is 0 Å². The maximum Gasteiger partial charge on any atom is 0.290 e. The van der Waals surface area contributed by atoms with Crippen molar-refractivity contribution >= 4 is 5.69 Å². The van der Waals surface area contributed by atoms with E-state index in [0.29, 0.717) is 11.3 Å². The average Bonchev–Trinajstić information content (AvgIpc) is 2.16. The van der Waals surface area contributed by atoms with E-state index in [-0.39, 0.29) is 11.3 Å². The van der Waals surface area contributed by atoms with Gasteiger partial charge in [0.25, 0.3) is 5.69 Å². The fraction of sp³-hybridized carbons (Fsp3) is 0.222. The van der Waals surface area contributed by atoms with Crippen molar-refractivity contribution in [3.8, 4) is 11.8 Å². The molecular formula is C9H8N2O3. The van der Waals surface area contributed by atoms with Crippen molar-refractivity contribution in [1.29, 1.82) is 5.26 Å². The van der Waals surface area contributed by atoms with Crippen molar-refractivity contribution in [2.75, 3.05) is 7.11 Å². The topological polar surface area (TPSA) is 76.2 Å². The number of nitrogens with zero attached hydrogens (tertiary/aromatic N) is 2. The molecule has 0 N–H and O–H groups in total. The van der Waals surface area contributed by atoms with Crippen LogP contribution in [0.3, 0.4) is 0 Å². The van der Waals surface area contributed by atoms with Crippen molar-refractivity contribution in [2.24, 2.45) is 0 Å². The zero-order valence-electron chi connectivity index (χ0n) is 7.77.